The quantitative estimate of drug-likeness (QED) is 0.814. The second-order valence-corrected chi connectivity index (χ2v) is 4.21. The van der Waals surface area contributed by atoms with E-state index in [-0.39, 0.29) is 18.6 Å². The Balaban J connectivity index is 1.82. The lowest BCUT2D eigenvalue weighted by atomic mass is 10.2. The Hall–Kier alpha value is -1.43. The number of hydrogen-bond acceptors (Lipinski definition) is 4. The molecular formula is C13H18N2O3. The summed E-state index contributed by atoms with van der Waals surface area (Å²) in [5.74, 6) is -0.164. The highest BCUT2D eigenvalue weighted by molar-refractivity contribution is 5.92. The van der Waals surface area contributed by atoms with Gasteiger partial charge in [0.25, 0.3) is 0 Å². The number of amides is 1. The lowest BCUT2D eigenvalue weighted by Gasteiger charge is -2.12. The Kier molecular flexibility index (Phi) is 4.69. The highest BCUT2D eigenvalue weighted by Crippen LogP contribution is 2.14. The van der Waals surface area contributed by atoms with Gasteiger partial charge in [0.2, 0.25) is 5.91 Å². The van der Waals surface area contributed by atoms with E-state index >= 15 is 0 Å². The van der Waals surface area contributed by atoms with E-state index in [1.54, 1.807) is 0 Å². The molecule has 0 aromatic heterocycles. The van der Waals surface area contributed by atoms with Crippen LogP contribution in [0.5, 0.6) is 0 Å². The Bertz CT molecular complexity index is 403. The highest BCUT2D eigenvalue weighted by Gasteiger charge is 2.17. The van der Waals surface area contributed by atoms with Crippen LogP contribution in [0, 0.1) is 0 Å². The van der Waals surface area contributed by atoms with Crippen molar-refractivity contribution < 1.29 is 14.3 Å². The molecule has 1 amide bonds. The number of carbonyl (C=O) groups is 1. The molecule has 1 aliphatic rings. The van der Waals surface area contributed by atoms with Gasteiger partial charge in [-0.2, -0.15) is 0 Å². The summed E-state index contributed by atoms with van der Waals surface area (Å²) >= 11 is 0. The zero-order valence-electron chi connectivity index (χ0n) is 10.2. The van der Waals surface area contributed by atoms with Crippen LogP contribution >= 0.6 is 0 Å². The van der Waals surface area contributed by atoms with Crippen molar-refractivity contribution in [3.63, 3.8) is 0 Å². The largest absolute Gasteiger partial charge is 0.379 e. The van der Waals surface area contributed by atoms with E-state index in [2.05, 4.69) is 5.32 Å². The summed E-state index contributed by atoms with van der Waals surface area (Å²) in [4.78, 5) is 11.7. The maximum Gasteiger partial charge on any atom is 0.250 e. The van der Waals surface area contributed by atoms with Crippen molar-refractivity contribution in [2.24, 2.45) is 5.73 Å². The van der Waals surface area contributed by atoms with Crippen LogP contribution in [0.15, 0.2) is 24.3 Å². The molecule has 5 heteroatoms. The molecule has 1 unspecified atom stereocenters. The smallest absolute Gasteiger partial charge is 0.250 e. The number of hydrogen-bond donors (Lipinski definition) is 2. The fourth-order valence-corrected chi connectivity index (χ4v) is 1.84. The van der Waals surface area contributed by atoms with Gasteiger partial charge in [0, 0.05) is 18.8 Å². The third kappa shape index (κ3) is 3.53. The summed E-state index contributed by atoms with van der Waals surface area (Å²) in [7, 11) is 0. The molecule has 98 valence electrons. The molecule has 1 aliphatic heterocycles. The van der Waals surface area contributed by atoms with E-state index in [4.69, 9.17) is 15.2 Å². The van der Waals surface area contributed by atoms with Gasteiger partial charge in [-0.15, -0.1) is 0 Å². The zero-order chi connectivity index (χ0) is 12.8. The number of ether oxygens (including phenoxy) is 2. The molecule has 2 rings (SSSR count). The van der Waals surface area contributed by atoms with Crippen LogP contribution in [-0.2, 0) is 20.8 Å². The fourth-order valence-electron chi connectivity index (χ4n) is 1.84. The third-order valence-electron chi connectivity index (χ3n) is 2.85. The first kappa shape index (κ1) is 13.0. The molecular weight excluding hydrogens is 232 g/mol. The van der Waals surface area contributed by atoms with Gasteiger partial charge in [0.05, 0.1) is 12.7 Å². The van der Waals surface area contributed by atoms with E-state index in [0.717, 1.165) is 17.7 Å². The molecule has 1 fully saturated rings. The van der Waals surface area contributed by atoms with E-state index in [1.165, 1.54) is 0 Å². The molecule has 1 aromatic carbocycles. The first-order valence-corrected chi connectivity index (χ1v) is 6.07. The second-order valence-electron chi connectivity index (χ2n) is 4.21. The molecule has 3 N–H and O–H groups in total. The van der Waals surface area contributed by atoms with Gasteiger partial charge < -0.3 is 20.5 Å². The number of benzene rings is 1. The first-order chi connectivity index (χ1) is 8.79. The number of rotatable bonds is 5. The lowest BCUT2D eigenvalue weighted by molar-refractivity contribution is -0.122. The highest BCUT2D eigenvalue weighted by atomic mass is 16.5. The van der Waals surface area contributed by atoms with Crippen molar-refractivity contribution in [3.05, 3.63) is 29.8 Å². The van der Waals surface area contributed by atoms with Gasteiger partial charge >= 0.3 is 0 Å². The number of anilines is 1. The van der Waals surface area contributed by atoms with Gasteiger partial charge in [0.1, 0.15) is 6.61 Å². The summed E-state index contributed by atoms with van der Waals surface area (Å²) in [6, 6.07) is 7.48. The van der Waals surface area contributed by atoms with Gasteiger partial charge in [-0.3, -0.25) is 4.79 Å². The molecule has 18 heavy (non-hydrogen) atoms. The molecule has 0 saturated carbocycles. The Labute approximate surface area is 106 Å². The number of para-hydroxylation sites is 1. The maximum absolute atomic E-state index is 11.7. The maximum atomic E-state index is 11.7. The molecule has 0 spiro atoms. The second kappa shape index (κ2) is 6.49. The summed E-state index contributed by atoms with van der Waals surface area (Å²) in [6.45, 7) is 1.73. The molecule has 1 heterocycles. The minimum atomic E-state index is -0.164. The van der Waals surface area contributed by atoms with Crippen molar-refractivity contribution in [2.45, 2.75) is 19.1 Å². The molecule has 1 saturated heterocycles. The molecule has 1 aromatic rings. The SMILES string of the molecule is NCc1ccccc1NC(=O)COC1CCOC1. The molecule has 0 aliphatic carbocycles. The van der Waals surface area contributed by atoms with Crippen molar-refractivity contribution in [2.75, 3.05) is 25.1 Å². The lowest BCUT2D eigenvalue weighted by Crippen LogP contribution is -2.24. The Morgan fingerprint density at radius 2 is 2.33 bits per heavy atom. The monoisotopic (exact) mass is 250 g/mol. The predicted octanol–water partition coefficient (Wildman–Crippen LogP) is 0.889. The van der Waals surface area contributed by atoms with Crippen molar-refractivity contribution in [3.8, 4) is 0 Å². The third-order valence-corrected chi connectivity index (χ3v) is 2.85. The average molecular weight is 250 g/mol. The predicted molar refractivity (Wildman–Crippen MR) is 68.1 cm³/mol. The Morgan fingerprint density at radius 3 is 3.06 bits per heavy atom. The molecule has 0 radical (unpaired) electrons. The van der Waals surface area contributed by atoms with E-state index in [0.29, 0.717) is 19.8 Å². The Morgan fingerprint density at radius 1 is 1.50 bits per heavy atom. The van der Waals surface area contributed by atoms with Crippen molar-refractivity contribution in [1.29, 1.82) is 0 Å². The minimum Gasteiger partial charge on any atom is -0.379 e. The van der Waals surface area contributed by atoms with Crippen LogP contribution in [0.2, 0.25) is 0 Å². The van der Waals surface area contributed by atoms with Crippen LogP contribution < -0.4 is 11.1 Å². The van der Waals surface area contributed by atoms with Crippen LogP contribution in [0.25, 0.3) is 0 Å². The standard InChI is InChI=1S/C13H18N2O3/c14-7-10-3-1-2-4-12(10)15-13(16)9-18-11-5-6-17-8-11/h1-4,11H,5-9,14H2,(H,15,16). The van der Waals surface area contributed by atoms with Crippen molar-refractivity contribution in [1.82, 2.24) is 0 Å². The first-order valence-electron chi connectivity index (χ1n) is 6.07. The number of nitrogens with two attached hydrogens (primary N) is 1. The number of carbonyl (C=O) groups excluding carboxylic acids is 1. The van der Waals surface area contributed by atoms with Gasteiger partial charge in [0.15, 0.2) is 0 Å². The summed E-state index contributed by atoms with van der Waals surface area (Å²) in [5, 5.41) is 2.80. The van der Waals surface area contributed by atoms with Gasteiger partial charge in [-0.05, 0) is 18.1 Å². The van der Waals surface area contributed by atoms with E-state index in [9.17, 15) is 4.79 Å². The summed E-state index contributed by atoms with van der Waals surface area (Å²) in [6.07, 6.45) is 0.896. The fraction of sp³-hybridized carbons (Fsp3) is 0.462. The zero-order valence-corrected chi connectivity index (χ0v) is 10.2. The average Bonchev–Trinajstić information content (AvgIpc) is 2.90. The summed E-state index contributed by atoms with van der Waals surface area (Å²) in [5.41, 5.74) is 7.26. The molecule has 1 atom stereocenters. The van der Waals surface area contributed by atoms with Crippen molar-refractivity contribution >= 4 is 11.6 Å². The van der Waals surface area contributed by atoms with Crippen LogP contribution in [-0.4, -0.2) is 31.8 Å². The van der Waals surface area contributed by atoms with Crippen LogP contribution in [0.4, 0.5) is 5.69 Å². The minimum absolute atomic E-state index is 0.0421. The van der Waals surface area contributed by atoms with Crippen LogP contribution in [0.1, 0.15) is 12.0 Å². The van der Waals surface area contributed by atoms with Gasteiger partial charge in [-0.1, -0.05) is 18.2 Å². The number of nitrogens with one attached hydrogen (secondary N) is 1. The molecule has 0 bridgehead atoms. The summed E-state index contributed by atoms with van der Waals surface area (Å²) < 4.78 is 10.6. The topological polar surface area (TPSA) is 73.6 Å². The normalized spacial score (nSPS) is 18.8. The van der Waals surface area contributed by atoms with Gasteiger partial charge in [-0.25, -0.2) is 0 Å². The van der Waals surface area contributed by atoms with E-state index in [1.807, 2.05) is 24.3 Å². The van der Waals surface area contributed by atoms with Crippen LogP contribution in [0.3, 0.4) is 0 Å². The van der Waals surface area contributed by atoms with E-state index < -0.39 is 0 Å². The molecule has 5 nitrogen and oxygen atoms in total.